The van der Waals surface area contributed by atoms with E-state index in [1.807, 2.05) is 0 Å². The minimum Gasteiger partial charge on any atom is -0.370 e. The normalized spacial score (nSPS) is 21.6. The number of benzene rings is 1. The van der Waals surface area contributed by atoms with E-state index >= 15 is 0 Å². The summed E-state index contributed by atoms with van der Waals surface area (Å²) in [6.45, 7) is 1.51. The largest absolute Gasteiger partial charge is 0.370 e. The van der Waals surface area contributed by atoms with Gasteiger partial charge in [-0.05, 0) is 24.6 Å². The first-order chi connectivity index (χ1) is 9.75. The molecule has 21 heavy (non-hydrogen) atoms. The number of primary amides is 1. The monoisotopic (exact) mass is 329 g/mol. The van der Waals surface area contributed by atoms with E-state index in [9.17, 15) is 14.4 Å². The molecule has 0 saturated carbocycles. The van der Waals surface area contributed by atoms with E-state index in [1.165, 1.54) is 6.07 Å². The van der Waals surface area contributed by atoms with Gasteiger partial charge in [-0.15, -0.1) is 0 Å². The van der Waals surface area contributed by atoms with Crippen LogP contribution in [0.2, 0.25) is 10.0 Å². The zero-order chi connectivity index (χ0) is 15.8. The smallest absolute Gasteiger partial charge is 0.325 e. The van der Waals surface area contributed by atoms with E-state index in [0.29, 0.717) is 10.6 Å². The number of halogens is 2. The third-order valence-electron chi connectivity index (χ3n) is 3.35. The van der Waals surface area contributed by atoms with E-state index < -0.39 is 23.4 Å². The van der Waals surface area contributed by atoms with Crippen molar-refractivity contribution in [1.82, 2.24) is 10.2 Å². The van der Waals surface area contributed by atoms with Crippen LogP contribution >= 0.6 is 23.2 Å². The molecule has 0 aliphatic carbocycles. The van der Waals surface area contributed by atoms with E-state index in [2.05, 4.69) is 5.32 Å². The molecule has 0 aromatic heterocycles. The summed E-state index contributed by atoms with van der Waals surface area (Å²) in [4.78, 5) is 36.2. The van der Waals surface area contributed by atoms with Gasteiger partial charge >= 0.3 is 6.03 Å². The van der Waals surface area contributed by atoms with Crippen LogP contribution in [0, 0.1) is 0 Å². The van der Waals surface area contributed by atoms with Gasteiger partial charge in [0.2, 0.25) is 5.91 Å². The first-order valence-corrected chi connectivity index (χ1v) is 6.89. The van der Waals surface area contributed by atoms with Crippen LogP contribution in [0.1, 0.15) is 18.9 Å². The molecule has 0 unspecified atom stereocenters. The lowest BCUT2D eigenvalue weighted by molar-refractivity contribution is -0.131. The van der Waals surface area contributed by atoms with Crippen molar-refractivity contribution in [3.8, 4) is 0 Å². The Morgan fingerprint density at radius 2 is 2.00 bits per heavy atom. The number of hydrogen-bond donors (Lipinski definition) is 2. The standard InChI is InChI=1S/C13H13Cl2N3O3/c1-13(7-2-3-8(14)9(15)6-7)11(20)18(12(21)17-13)5-4-10(16)19/h2-3,6H,4-5H2,1H3,(H2,16,19)(H,17,21)/t13-/m0/s1. The van der Waals surface area contributed by atoms with Gasteiger partial charge in [0.05, 0.1) is 10.0 Å². The Labute approximate surface area is 131 Å². The molecular weight excluding hydrogens is 317 g/mol. The van der Waals surface area contributed by atoms with Crippen LogP contribution < -0.4 is 11.1 Å². The Balaban J connectivity index is 2.31. The van der Waals surface area contributed by atoms with Gasteiger partial charge in [-0.2, -0.15) is 0 Å². The molecule has 1 aliphatic rings. The highest BCUT2D eigenvalue weighted by atomic mass is 35.5. The van der Waals surface area contributed by atoms with E-state index in [-0.39, 0.29) is 18.0 Å². The van der Waals surface area contributed by atoms with E-state index in [0.717, 1.165) is 4.90 Å². The molecule has 4 amide bonds. The van der Waals surface area contributed by atoms with Crippen LogP contribution in [0.15, 0.2) is 18.2 Å². The number of carbonyl (C=O) groups is 3. The zero-order valence-electron chi connectivity index (χ0n) is 11.2. The Morgan fingerprint density at radius 3 is 2.57 bits per heavy atom. The predicted molar refractivity (Wildman–Crippen MR) is 77.9 cm³/mol. The maximum atomic E-state index is 12.5. The molecule has 0 spiro atoms. The SMILES string of the molecule is C[C@@]1(c2ccc(Cl)c(Cl)c2)NC(=O)N(CCC(N)=O)C1=O. The van der Waals surface area contributed by atoms with Crippen molar-refractivity contribution in [3.05, 3.63) is 33.8 Å². The van der Waals surface area contributed by atoms with Crippen molar-refractivity contribution in [2.75, 3.05) is 6.54 Å². The summed E-state index contributed by atoms with van der Waals surface area (Å²) in [6, 6.07) is 4.12. The molecule has 1 atom stereocenters. The molecule has 0 bridgehead atoms. The second-order valence-electron chi connectivity index (χ2n) is 4.86. The van der Waals surface area contributed by atoms with Crippen molar-refractivity contribution >= 4 is 41.0 Å². The molecule has 2 rings (SSSR count). The fourth-order valence-electron chi connectivity index (χ4n) is 2.12. The maximum Gasteiger partial charge on any atom is 0.325 e. The number of amides is 4. The summed E-state index contributed by atoms with van der Waals surface area (Å²) in [5, 5.41) is 3.24. The highest BCUT2D eigenvalue weighted by molar-refractivity contribution is 6.42. The number of urea groups is 1. The molecule has 1 aliphatic heterocycles. The minimum absolute atomic E-state index is 0.0586. The average molecular weight is 330 g/mol. The predicted octanol–water partition coefficient (Wildman–Crippen LogP) is 1.64. The minimum atomic E-state index is -1.25. The number of imide groups is 1. The lowest BCUT2D eigenvalue weighted by Crippen LogP contribution is -2.41. The third-order valence-corrected chi connectivity index (χ3v) is 4.09. The molecule has 3 N–H and O–H groups in total. The lowest BCUT2D eigenvalue weighted by Gasteiger charge is -2.22. The maximum absolute atomic E-state index is 12.5. The number of hydrogen-bond acceptors (Lipinski definition) is 3. The highest BCUT2D eigenvalue weighted by Crippen LogP contribution is 2.32. The summed E-state index contributed by atoms with van der Waals surface area (Å²) in [6.07, 6.45) is -0.0867. The van der Waals surface area contributed by atoms with Crippen LogP contribution in [0.4, 0.5) is 4.79 Å². The van der Waals surface area contributed by atoms with Crippen molar-refractivity contribution in [2.24, 2.45) is 5.73 Å². The highest BCUT2D eigenvalue weighted by Gasteiger charge is 2.48. The molecule has 8 heteroatoms. The molecule has 1 saturated heterocycles. The quantitative estimate of drug-likeness (QED) is 0.822. The number of nitrogens with zero attached hydrogens (tertiary/aromatic N) is 1. The summed E-state index contributed by atoms with van der Waals surface area (Å²) in [5.74, 6) is -1.05. The fraction of sp³-hybridized carbons (Fsp3) is 0.308. The molecule has 1 fully saturated rings. The van der Waals surface area contributed by atoms with Crippen LogP contribution in [0.5, 0.6) is 0 Å². The van der Waals surface area contributed by atoms with Gasteiger partial charge in [0.1, 0.15) is 5.54 Å². The molecule has 1 aromatic rings. The van der Waals surface area contributed by atoms with Gasteiger partial charge in [0.15, 0.2) is 0 Å². The van der Waals surface area contributed by atoms with Crippen molar-refractivity contribution in [2.45, 2.75) is 18.9 Å². The number of nitrogens with one attached hydrogen (secondary N) is 1. The van der Waals surface area contributed by atoms with Gasteiger partial charge in [-0.25, -0.2) is 4.79 Å². The second-order valence-corrected chi connectivity index (χ2v) is 5.67. The van der Waals surface area contributed by atoms with E-state index in [1.54, 1.807) is 19.1 Å². The third kappa shape index (κ3) is 2.82. The van der Waals surface area contributed by atoms with Gasteiger partial charge in [0.25, 0.3) is 5.91 Å². The summed E-state index contributed by atoms with van der Waals surface area (Å²) in [5.41, 5.74) is 4.30. The molecule has 1 heterocycles. The first-order valence-electron chi connectivity index (χ1n) is 6.13. The van der Waals surface area contributed by atoms with Gasteiger partial charge in [-0.3, -0.25) is 14.5 Å². The Kier molecular flexibility index (Phi) is 4.11. The van der Waals surface area contributed by atoms with Crippen LogP contribution in [-0.2, 0) is 15.1 Å². The van der Waals surface area contributed by atoms with Crippen molar-refractivity contribution in [1.29, 1.82) is 0 Å². The summed E-state index contributed by atoms with van der Waals surface area (Å²) >= 11 is 11.8. The van der Waals surface area contributed by atoms with Gasteiger partial charge in [-0.1, -0.05) is 29.3 Å². The Bertz CT molecular complexity index is 635. The second kappa shape index (κ2) is 5.54. The summed E-state index contributed by atoms with van der Waals surface area (Å²) < 4.78 is 0. The zero-order valence-corrected chi connectivity index (χ0v) is 12.7. The average Bonchev–Trinajstić information content (AvgIpc) is 2.62. The number of carbonyl (C=O) groups excluding carboxylic acids is 3. The summed E-state index contributed by atoms with van der Waals surface area (Å²) in [7, 11) is 0. The van der Waals surface area contributed by atoms with E-state index in [4.69, 9.17) is 28.9 Å². The van der Waals surface area contributed by atoms with Crippen molar-refractivity contribution < 1.29 is 14.4 Å². The Morgan fingerprint density at radius 1 is 1.33 bits per heavy atom. The molecule has 6 nitrogen and oxygen atoms in total. The van der Waals surface area contributed by atoms with Crippen LogP contribution in [0.25, 0.3) is 0 Å². The van der Waals surface area contributed by atoms with Crippen molar-refractivity contribution in [3.63, 3.8) is 0 Å². The molecular formula is C13H13Cl2N3O3. The van der Waals surface area contributed by atoms with Gasteiger partial charge in [0, 0.05) is 13.0 Å². The van der Waals surface area contributed by atoms with Crippen LogP contribution in [0.3, 0.4) is 0 Å². The number of rotatable bonds is 4. The topological polar surface area (TPSA) is 92.5 Å². The van der Waals surface area contributed by atoms with Gasteiger partial charge < -0.3 is 11.1 Å². The molecule has 112 valence electrons. The lowest BCUT2D eigenvalue weighted by atomic mass is 9.92. The Hall–Kier alpha value is -1.79. The van der Waals surface area contributed by atoms with Crippen LogP contribution in [-0.4, -0.2) is 29.3 Å². The molecule has 1 aromatic carbocycles. The molecule has 0 radical (unpaired) electrons. The fourth-order valence-corrected chi connectivity index (χ4v) is 2.42. The first kappa shape index (κ1) is 15.6. The number of nitrogens with two attached hydrogens (primary N) is 1.